The van der Waals surface area contributed by atoms with Crippen LogP contribution < -0.4 is 15.4 Å². The van der Waals surface area contributed by atoms with Crippen molar-refractivity contribution in [1.82, 2.24) is 4.72 Å². The number of nitrogens with zero attached hydrogens (tertiary/aromatic N) is 1. The first-order valence-corrected chi connectivity index (χ1v) is 10.8. The third-order valence-corrected chi connectivity index (χ3v) is 6.06. The highest BCUT2D eigenvalue weighted by Crippen LogP contribution is 2.28. The number of nitro groups is 1. The van der Waals surface area contributed by atoms with E-state index in [-0.39, 0.29) is 17.1 Å². The molecule has 0 fully saturated rings. The molecule has 0 aliphatic carbocycles. The Morgan fingerprint density at radius 1 is 1.17 bits per heavy atom. The maximum atomic E-state index is 12.4. The van der Waals surface area contributed by atoms with E-state index in [1.54, 1.807) is 45.9 Å². The Morgan fingerprint density at radius 3 is 2.43 bits per heavy atom. The Hall–Kier alpha value is -2.69. The van der Waals surface area contributed by atoms with Gasteiger partial charge >= 0.3 is 0 Å². The maximum Gasteiger partial charge on any atom is 0.293 e. The molecule has 0 unspecified atom stereocenters. The lowest BCUT2D eigenvalue weighted by Crippen LogP contribution is -2.40. The van der Waals surface area contributed by atoms with E-state index in [1.165, 1.54) is 12.1 Å². The van der Waals surface area contributed by atoms with Crippen molar-refractivity contribution in [3.63, 3.8) is 0 Å². The second-order valence-electron chi connectivity index (χ2n) is 7.61. The fourth-order valence-electron chi connectivity index (χ4n) is 2.55. The van der Waals surface area contributed by atoms with Crippen molar-refractivity contribution in [2.24, 2.45) is 0 Å². The Bertz CT molecular complexity index is 1080. The number of rotatable bonds is 7. The Kier molecular flexibility index (Phi) is 7.06. The maximum absolute atomic E-state index is 12.4. The topological polar surface area (TPSA) is 130 Å². The third kappa shape index (κ3) is 6.15. The summed E-state index contributed by atoms with van der Waals surface area (Å²) in [5.41, 5.74) is 0.0327. The predicted molar refractivity (Wildman–Crippen MR) is 116 cm³/mol. The zero-order valence-corrected chi connectivity index (χ0v) is 18.5. The van der Waals surface area contributed by atoms with Gasteiger partial charge < -0.3 is 10.6 Å². The van der Waals surface area contributed by atoms with E-state index in [4.69, 9.17) is 11.6 Å². The molecule has 0 atom stereocenters. The predicted octanol–water partition coefficient (Wildman–Crippen LogP) is 3.68. The quantitative estimate of drug-likeness (QED) is 0.432. The van der Waals surface area contributed by atoms with E-state index in [9.17, 15) is 23.3 Å². The zero-order chi connectivity index (χ0) is 22.7. The van der Waals surface area contributed by atoms with Gasteiger partial charge in [-0.3, -0.25) is 14.9 Å². The molecule has 3 N–H and O–H groups in total. The number of nitrogens with one attached hydrogen (secondary N) is 3. The van der Waals surface area contributed by atoms with Crippen LogP contribution in [0.5, 0.6) is 0 Å². The molecular weight excluding hydrogens is 432 g/mol. The van der Waals surface area contributed by atoms with Gasteiger partial charge in [-0.15, -0.1) is 0 Å². The highest BCUT2D eigenvalue weighted by molar-refractivity contribution is 7.89. The second-order valence-corrected chi connectivity index (χ2v) is 9.70. The van der Waals surface area contributed by atoms with E-state index >= 15 is 0 Å². The molecule has 0 radical (unpaired) electrons. The van der Waals surface area contributed by atoms with Crippen LogP contribution in [-0.2, 0) is 14.8 Å². The van der Waals surface area contributed by atoms with E-state index < -0.39 is 32.1 Å². The molecule has 30 heavy (non-hydrogen) atoms. The summed E-state index contributed by atoms with van der Waals surface area (Å²) in [5.74, 6) is -0.444. The number of hydrogen-bond donors (Lipinski definition) is 3. The number of halogens is 1. The molecule has 2 rings (SSSR count). The van der Waals surface area contributed by atoms with Gasteiger partial charge in [0.25, 0.3) is 5.69 Å². The van der Waals surface area contributed by atoms with Gasteiger partial charge in [-0.1, -0.05) is 17.7 Å². The normalized spacial score (nSPS) is 11.8. The van der Waals surface area contributed by atoms with Gasteiger partial charge in [-0.2, -0.15) is 0 Å². The molecule has 1 amide bonds. The summed E-state index contributed by atoms with van der Waals surface area (Å²) in [6.07, 6.45) is 0. The SMILES string of the molecule is Cc1c(Cl)cccc1NC(=O)CNc1ccc(S(=O)(=O)NC(C)(C)C)cc1[N+](=O)[O-]. The van der Waals surface area contributed by atoms with Gasteiger partial charge in [0.15, 0.2) is 0 Å². The van der Waals surface area contributed by atoms with Crippen LogP contribution in [-0.4, -0.2) is 31.3 Å². The van der Waals surface area contributed by atoms with Crippen LogP contribution in [0.1, 0.15) is 26.3 Å². The molecule has 0 spiro atoms. The summed E-state index contributed by atoms with van der Waals surface area (Å²) < 4.78 is 27.3. The third-order valence-electron chi connectivity index (χ3n) is 3.90. The molecule has 0 aliphatic rings. The average molecular weight is 455 g/mol. The van der Waals surface area contributed by atoms with Gasteiger partial charge in [0.1, 0.15) is 5.69 Å². The number of sulfonamides is 1. The summed E-state index contributed by atoms with van der Waals surface area (Å²) in [4.78, 5) is 22.7. The van der Waals surface area contributed by atoms with Crippen LogP contribution in [0.3, 0.4) is 0 Å². The van der Waals surface area contributed by atoms with Crippen molar-refractivity contribution in [1.29, 1.82) is 0 Å². The smallest absolute Gasteiger partial charge is 0.293 e. The fourth-order valence-corrected chi connectivity index (χ4v) is 4.17. The first kappa shape index (κ1) is 23.6. The van der Waals surface area contributed by atoms with E-state index in [1.807, 2.05) is 0 Å². The molecule has 0 heterocycles. The monoisotopic (exact) mass is 454 g/mol. The Morgan fingerprint density at radius 2 is 1.83 bits per heavy atom. The lowest BCUT2D eigenvalue weighted by Gasteiger charge is -2.20. The number of carbonyl (C=O) groups excluding carboxylic acids is 1. The molecule has 0 aliphatic heterocycles. The number of anilines is 2. The van der Waals surface area contributed by atoms with Gasteiger partial charge in [-0.25, -0.2) is 13.1 Å². The average Bonchev–Trinajstić information content (AvgIpc) is 2.61. The van der Waals surface area contributed by atoms with E-state index in [2.05, 4.69) is 15.4 Å². The molecule has 9 nitrogen and oxygen atoms in total. The number of nitro benzene ring substituents is 1. The molecule has 0 saturated carbocycles. The Balaban J connectivity index is 2.19. The van der Waals surface area contributed by atoms with Gasteiger partial charge in [0.2, 0.25) is 15.9 Å². The number of hydrogen-bond acceptors (Lipinski definition) is 6. The van der Waals surface area contributed by atoms with Crippen LogP contribution >= 0.6 is 11.6 Å². The van der Waals surface area contributed by atoms with Crippen molar-refractivity contribution in [3.8, 4) is 0 Å². The Labute approximate surface area is 180 Å². The molecule has 0 bridgehead atoms. The molecule has 2 aromatic carbocycles. The van der Waals surface area contributed by atoms with Crippen LogP contribution in [0.15, 0.2) is 41.3 Å². The summed E-state index contributed by atoms with van der Waals surface area (Å²) >= 11 is 6.02. The highest BCUT2D eigenvalue weighted by Gasteiger charge is 2.25. The van der Waals surface area contributed by atoms with Gasteiger partial charge in [-0.05, 0) is 57.5 Å². The lowest BCUT2D eigenvalue weighted by molar-refractivity contribution is -0.384. The standard InChI is InChI=1S/C19H23ClN4O5S/c1-12-14(20)6-5-7-15(12)22-18(25)11-21-16-9-8-13(10-17(16)24(26)27)30(28,29)23-19(2,3)4/h5-10,21,23H,11H2,1-4H3,(H,22,25). The molecule has 162 valence electrons. The minimum Gasteiger partial charge on any atom is -0.371 e. The summed E-state index contributed by atoms with van der Waals surface area (Å²) in [7, 11) is -3.95. The van der Waals surface area contributed by atoms with Crippen molar-refractivity contribution < 1.29 is 18.1 Å². The fraction of sp³-hybridized carbons (Fsp3) is 0.316. The summed E-state index contributed by atoms with van der Waals surface area (Å²) in [6, 6.07) is 8.51. The second kappa shape index (κ2) is 8.99. The van der Waals surface area contributed by atoms with Crippen LogP contribution in [0.2, 0.25) is 5.02 Å². The number of carbonyl (C=O) groups is 1. The lowest BCUT2D eigenvalue weighted by atomic mass is 10.1. The highest BCUT2D eigenvalue weighted by atomic mass is 35.5. The molecule has 0 aromatic heterocycles. The summed E-state index contributed by atoms with van der Waals surface area (Å²) in [5, 5.41) is 17.3. The molecule has 0 saturated heterocycles. The van der Waals surface area contributed by atoms with Crippen LogP contribution in [0.25, 0.3) is 0 Å². The molecular formula is C19H23ClN4O5S. The van der Waals surface area contributed by atoms with Crippen molar-refractivity contribution in [2.45, 2.75) is 38.1 Å². The van der Waals surface area contributed by atoms with Gasteiger partial charge in [0.05, 0.1) is 16.4 Å². The van der Waals surface area contributed by atoms with Crippen LogP contribution in [0.4, 0.5) is 17.1 Å². The minimum absolute atomic E-state index is 0.0210. The zero-order valence-electron chi connectivity index (χ0n) is 16.9. The largest absolute Gasteiger partial charge is 0.371 e. The first-order chi connectivity index (χ1) is 13.8. The first-order valence-electron chi connectivity index (χ1n) is 8.91. The van der Waals surface area contributed by atoms with Crippen molar-refractivity contribution in [3.05, 3.63) is 57.1 Å². The number of amides is 1. The van der Waals surface area contributed by atoms with Crippen molar-refractivity contribution in [2.75, 3.05) is 17.2 Å². The molecule has 2 aromatic rings. The van der Waals surface area contributed by atoms with E-state index in [0.717, 1.165) is 6.07 Å². The summed E-state index contributed by atoms with van der Waals surface area (Å²) in [6.45, 7) is 6.47. The van der Waals surface area contributed by atoms with Crippen molar-refractivity contribution >= 4 is 44.6 Å². The van der Waals surface area contributed by atoms with Gasteiger partial charge in [0, 0.05) is 22.3 Å². The minimum atomic E-state index is -3.95. The molecule has 11 heteroatoms. The number of benzene rings is 2. The van der Waals surface area contributed by atoms with Crippen LogP contribution in [0, 0.1) is 17.0 Å². The van der Waals surface area contributed by atoms with E-state index in [0.29, 0.717) is 16.3 Å².